The van der Waals surface area contributed by atoms with Crippen LogP contribution in [0.2, 0.25) is 0 Å². The molecule has 0 aliphatic heterocycles. The fourth-order valence-corrected chi connectivity index (χ4v) is 1.01. The number of carbonyl (C=O) groups is 1. The van der Waals surface area contributed by atoms with E-state index in [1.54, 1.807) is 0 Å². The van der Waals surface area contributed by atoms with Crippen LogP contribution >= 0.6 is 0 Å². The number of amides is 1. The van der Waals surface area contributed by atoms with Gasteiger partial charge in [-0.1, -0.05) is 0 Å². The minimum absolute atomic E-state index is 0.0485. The standard InChI is InChI=1S/C9H19FN2O2/c1-9(2,3)12(6-4-10)8(13)14-7-5-11/h4-7,11H2,1-3H3. The number of nitrogens with zero attached hydrogens (tertiary/aromatic N) is 1. The molecule has 4 nitrogen and oxygen atoms in total. The average molecular weight is 206 g/mol. The van der Waals surface area contributed by atoms with Crippen LogP contribution in [0.3, 0.4) is 0 Å². The molecule has 0 spiro atoms. The van der Waals surface area contributed by atoms with Crippen molar-refractivity contribution >= 4 is 6.09 Å². The van der Waals surface area contributed by atoms with Crippen molar-refractivity contribution < 1.29 is 13.9 Å². The van der Waals surface area contributed by atoms with Gasteiger partial charge in [-0.25, -0.2) is 9.18 Å². The first kappa shape index (κ1) is 13.2. The molecule has 2 N–H and O–H groups in total. The van der Waals surface area contributed by atoms with E-state index in [1.165, 1.54) is 4.90 Å². The highest BCUT2D eigenvalue weighted by atomic mass is 19.1. The van der Waals surface area contributed by atoms with E-state index in [-0.39, 0.29) is 19.7 Å². The van der Waals surface area contributed by atoms with Crippen molar-refractivity contribution in [1.29, 1.82) is 0 Å². The van der Waals surface area contributed by atoms with Crippen LogP contribution < -0.4 is 5.73 Å². The monoisotopic (exact) mass is 206 g/mol. The molecule has 0 aliphatic carbocycles. The number of hydrogen-bond acceptors (Lipinski definition) is 3. The van der Waals surface area contributed by atoms with Crippen LogP contribution in [0, 0.1) is 0 Å². The SMILES string of the molecule is CC(C)(C)N(CCF)C(=O)OCCN. The Bertz CT molecular complexity index is 180. The lowest BCUT2D eigenvalue weighted by atomic mass is 10.1. The van der Waals surface area contributed by atoms with E-state index >= 15 is 0 Å². The molecule has 14 heavy (non-hydrogen) atoms. The fourth-order valence-electron chi connectivity index (χ4n) is 1.01. The summed E-state index contributed by atoms with van der Waals surface area (Å²) in [7, 11) is 0. The predicted molar refractivity (Wildman–Crippen MR) is 52.8 cm³/mol. The number of alkyl halides is 1. The summed E-state index contributed by atoms with van der Waals surface area (Å²) >= 11 is 0. The molecule has 0 aromatic carbocycles. The zero-order valence-corrected chi connectivity index (χ0v) is 9.05. The normalized spacial score (nSPS) is 11.2. The minimum atomic E-state index is -0.574. The van der Waals surface area contributed by atoms with Crippen molar-refractivity contribution in [3.8, 4) is 0 Å². The molecule has 84 valence electrons. The quantitative estimate of drug-likeness (QED) is 0.750. The highest BCUT2D eigenvalue weighted by Crippen LogP contribution is 2.14. The van der Waals surface area contributed by atoms with E-state index in [1.807, 2.05) is 20.8 Å². The van der Waals surface area contributed by atoms with Crippen LogP contribution in [0.15, 0.2) is 0 Å². The maximum absolute atomic E-state index is 12.2. The Labute approximate surface area is 84.2 Å². The fraction of sp³-hybridized carbons (Fsp3) is 0.889. The molecule has 0 unspecified atom stereocenters. The number of carbonyl (C=O) groups excluding carboxylic acids is 1. The molecule has 1 amide bonds. The number of halogens is 1. The minimum Gasteiger partial charge on any atom is -0.448 e. The number of nitrogens with two attached hydrogens (primary N) is 1. The molecule has 0 rings (SSSR count). The van der Waals surface area contributed by atoms with Crippen LogP contribution in [0.5, 0.6) is 0 Å². The van der Waals surface area contributed by atoms with Gasteiger partial charge in [-0.2, -0.15) is 0 Å². The first-order valence-electron chi connectivity index (χ1n) is 4.64. The lowest BCUT2D eigenvalue weighted by Gasteiger charge is -2.33. The third-order valence-electron chi connectivity index (χ3n) is 1.68. The van der Waals surface area contributed by atoms with Crippen LogP contribution in [-0.4, -0.2) is 42.9 Å². The van der Waals surface area contributed by atoms with E-state index in [2.05, 4.69) is 0 Å². The summed E-state index contributed by atoms with van der Waals surface area (Å²) in [5.74, 6) is 0. The molecule has 0 saturated heterocycles. The van der Waals surface area contributed by atoms with Crippen molar-refractivity contribution in [3.05, 3.63) is 0 Å². The van der Waals surface area contributed by atoms with Gasteiger partial charge >= 0.3 is 6.09 Å². The largest absolute Gasteiger partial charge is 0.448 e. The molecular formula is C9H19FN2O2. The van der Waals surface area contributed by atoms with Gasteiger partial charge in [-0.05, 0) is 20.8 Å². The number of hydrogen-bond donors (Lipinski definition) is 1. The molecule has 0 bridgehead atoms. The lowest BCUT2D eigenvalue weighted by molar-refractivity contribution is 0.0663. The zero-order valence-electron chi connectivity index (χ0n) is 9.05. The first-order chi connectivity index (χ1) is 6.43. The van der Waals surface area contributed by atoms with Crippen LogP contribution in [0.25, 0.3) is 0 Å². The van der Waals surface area contributed by atoms with Gasteiger partial charge in [0.25, 0.3) is 0 Å². The molecule has 0 radical (unpaired) electrons. The molecule has 0 aromatic heterocycles. The van der Waals surface area contributed by atoms with Crippen molar-refractivity contribution in [3.63, 3.8) is 0 Å². The van der Waals surface area contributed by atoms with Gasteiger partial charge in [-0.15, -0.1) is 0 Å². The topological polar surface area (TPSA) is 55.6 Å². The second-order valence-electron chi connectivity index (χ2n) is 3.91. The number of rotatable bonds is 4. The van der Waals surface area contributed by atoms with Gasteiger partial charge in [-0.3, -0.25) is 0 Å². The van der Waals surface area contributed by atoms with Crippen molar-refractivity contribution in [2.45, 2.75) is 26.3 Å². The van der Waals surface area contributed by atoms with Crippen LogP contribution in [-0.2, 0) is 4.74 Å². The van der Waals surface area contributed by atoms with Gasteiger partial charge in [0.15, 0.2) is 0 Å². The van der Waals surface area contributed by atoms with Gasteiger partial charge in [0.2, 0.25) is 0 Å². The predicted octanol–water partition coefficient (Wildman–Crippen LogP) is 1.15. The molecule has 0 heterocycles. The third kappa shape index (κ3) is 4.41. The summed E-state index contributed by atoms with van der Waals surface area (Å²) in [6.45, 7) is 5.39. The summed E-state index contributed by atoms with van der Waals surface area (Å²) in [6.07, 6.45) is -0.513. The zero-order chi connectivity index (χ0) is 11.2. The van der Waals surface area contributed by atoms with Crippen molar-refractivity contribution in [2.75, 3.05) is 26.4 Å². The Balaban J connectivity index is 4.26. The van der Waals surface area contributed by atoms with E-state index in [9.17, 15) is 9.18 Å². The average Bonchev–Trinajstić information content (AvgIpc) is 2.08. The Morgan fingerprint density at radius 1 is 1.50 bits per heavy atom. The van der Waals surface area contributed by atoms with Crippen molar-refractivity contribution in [2.24, 2.45) is 5.73 Å². The van der Waals surface area contributed by atoms with Crippen LogP contribution in [0.1, 0.15) is 20.8 Å². The maximum Gasteiger partial charge on any atom is 0.410 e. The lowest BCUT2D eigenvalue weighted by Crippen LogP contribution is -2.47. The van der Waals surface area contributed by atoms with E-state index < -0.39 is 18.3 Å². The Morgan fingerprint density at radius 3 is 2.43 bits per heavy atom. The first-order valence-corrected chi connectivity index (χ1v) is 4.64. The van der Waals surface area contributed by atoms with Crippen molar-refractivity contribution in [1.82, 2.24) is 4.90 Å². The second kappa shape index (κ2) is 5.80. The van der Waals surface area contributed by atoms with E-state index in [0.29, 0.717) is 0 Å². The highest BCUT2D eigenvalue weighted by Gasteiger charge is 2.26. The highest BCUT2D eigenvalue weighted by molar-refractivity contribution is 5.68. The summed E-state index contributed by atoms with van der Waals surface area (Å²) < 4.78 is 17.0. The third-order valence-corrected chi connectivity index (χ3v) is 1.68. The van der Waals surface area contributed by atoms with Gasteiger partial charge in [0.1, 0.15) is 13.3 Å². The summed E-state index contributed by atoms with van der Waals surface area (Å²) in [5, 5.41) is 0. The van der Waals surface area contributed by atoms with Gasteiger partial charge in [0.05, 0.1) is 6.54 Å². The van der Waals surface area contributed by atoms with Crippen LogP contribution in [0.4, 0.5) is 9.18 Å². The summed E-state index contributed by atoms with van der Waals surface area (Å²) in [4.78, 5) is 12.8. The smallest absolute Gasteiger partial charge is 0.410 e. The molecule has 0 aromatic rings. The second-order valence-corrected chi connectivity index (χ2v) is 3.91. The van der Waals surface area contributed by atoms with E-state index in [0.717, 1.165) is 0 Å². The van der Waals surface area contributed by atoms with Gasteiger partial charge in [0, 0.05) is 12.1 Å². The van der Waals surface area contributed by atoms with Gasteiger partial charge < -0.3 is 15.4 Å². The Kier molecular flexibility index (Phi) is 5.45. The Morgan fingerprint density at radius 2 is 2.07 bits per heavy atom. The molecule has 5 heteroatoms. The molecule has 0 aliphatic rings. The number of ether oxygens (including phenoxy) is 1. The molecule has 0 atom stereocenters. The Hall–Kier alpha value is -0.840. The maximum atomic E-state index is 12.2. The van der Waals surface area contributed by atoms with E-state index in [4.69, 9.17) is 10.5 Å². The summed E-state index contributed by atoms with van der Waals surface area (Å²) in [5.41, 5.74) is 4.76. The molecule has 0 saturated carbocycles. The molecular weight excluding hydrogens is 187 g/mol. The molecule has 0 fully saturated rings. The summed E-state index contributed by atoms with van der Waals surface area (Å²) in [6, 6.07) is 0.